The van der Waals surface area contributed by atoms with E-state index in [4.69, 9.17) is 28.4 Å². The molecule has 1 fully saturated rings. The number of nitrogens with zero attached hydrogens (tertiary/aromatic N) is 1. The lowest BCUT2D eigenvalue weighted by Crippen LogP contribution is -2.37. The quantitative estimate of drug-likeness (QED) is 0.0191. The molecule has 0 radical (unpaired) electrons. The molecular weight excluding hydrogens is 819 g/mol. The van der Waals surface area contributed by atoms with Crippen LogP contribution in [0.25, 0.3) is 21.5 Å². The van der Waals surface area contributed by atoms with Crippen molar-refractivity contribution in [2.45, 2.75) is 70.1 Å². The highest BCUT2D eigenvalue weighted by Gasteiger charge is 2.53. The van der Waals surface area contributed by atoms with Crippen LogP contribution >= 0.6 is 0 Å². The lowest BCUT2D eigenvalue weighted by molar-refractivity contribution is -0.142. The lowest BCUT2D eigenvalue weighted by atomic mass is 10.1. The van der Waals surface area contributed by atoms with Gasteiger partial charge in [0.25, 0.3) is 11.8 Å². The maximum absolute atomic E-state index is 13.8. The van der Waals surface area contributed by atoms with Gasteiger partial charge in [0.15, 0.2) is 0 Å². The van der Waals surface area contributed by atoms with Crippen LogP contribution in [0.4, 0.5) is 0 Å². The Bertz CT molecular complexity index is 2330. The van der Waals surface area contributed by atoms with Crippen molar-refractivity contribution in [3.05, 3.63) is 145 Å². The second kappa shape index (κ2) is 23.2. The van der Waals surface area contributed by atoms with Crippen molar-refractivity contribution in [1.29, 1.82) is 0 Å². The van der Waals surface area contributed by atoms with Crippen LogP contribution in [0.1, 0.15) is 77.6 Å². The van der Waals surface area contributed by atoms with Crippen LogP contribution in [0.5, 0.6) is 11.5 Å². The summed E-state index contributed by atoms with van der Waals surface area (Å²) in [4.78, 5) is 78.2. The van der Waals surface area contributed by atoms with E-state index in [2.05, 4.69) is 13.2 Å². The van der Waals surface area contributed by atoms with E-state index in [-0.39, 0.29) is 17.7 Å². The molecule has 0 N–H and O–H groups in total. The molecule has 1 heterocycles. The molecule has 0 unspecified atom stereocenters. The molecule has 64 heavy (non-hydrogen) atoms. The van der Waals surface area contributed by atoms with Gasteiger partial charge < -0.3 is 28.4 Å². The van der Waals surface area contributed by atoms with Crippen LogP contribution in [-0.4, -0.2) is 79.2 Å². The van der Waals surface area contributed by atoms with Crippen LogP contribution in [0.15, 0.2) is 128 Å². The van der Waals surface area contributed by atoms with Crippen LogP contribution in [0, 0.1) is 0 Å². The Morgan fingerprint density at radius 1 is 0.500 bits per heavy atom. The predicted molar refractivity (Wildman–Crippen MR) is 239 cm³/mol. The number of amides is 2. The van der Waals surface area contributed by atoms with Crippen LogP contribution in [0.3, 0.4) is 0 Å². The summed E-state index contributed by atoms with van der Waals surface area (Å²) in [5.74, 6) is -2.88. The molecule has 0 spiro atoms. The minimum atomic E-state index is -1.73. The number of imide groups is 1. The maximum Gasteiger partial charge on any atom is 0.339 e. The molecule has 13 heteroatoms. The number of ether oxygens (including phenoxy) is 6. The van der Waals surface area contributed by atoms with E-state index < -0.39 is 47.9 Å². The first-order valence-corrected chi connectivity index (χ1v) is 21.4. The summed E-state index contributed by atoms with van der Waals surface area (Å²) in [6.07, 6.45) is 5.62. The van der Waals surface area contributed by atoms with E-state index in [9.17, 15) is 28.8 Å². The zero-order chi connectivity index (χ0) is 45.3. The Kier molecular flexibility index (Phi) is 16.8. The second-order valence-electron chi connectivity index (χ2n) is 15.1. The number of hydrogen-bond donors (Lipinski definition) is 0. The van der Waals surface area contributed by atoms with Crippen molar-refractivity contribution >= 4 is 57.2 Å². The molecule has 5 aromatic rings. The molecule has 1 saturated heterocycles. The predicted octanol–water partition coefficient (Wildman–Crippen LogP) is 8.65. The number of benzene rings is 5. The standard InChI is InChI=1S/C51H51NO12/c1-3-44(53)61-28-14-7-5-12-26-59-42-24-22-36-30-40(20-18-38(36)32-42)50(57)63-46-47(49(56)52(48(46)55)34-35-16-10-9-11-17-35)64-51(58)41-21-19-39-33-43(25-23-37(39)31-41)60-27-13-6-8-15-29-62-45(54)4-2/h3-4,9-11,16-25,30-33,46-47H,1-2,5-8,12-15,26-29,34H2/t46-,47-/m1/s1. The van der Waals surface area contributed by atoms with Crippen molar-refractivity contribution in [3.63, 3.8) is 0 Å². The third-order valence-electron chi connectivity index (χ3n) is 10.5. The number of rotatable bonds is 24. The Balaban J connectivity index is 1.07. The van der Waals surface area contributed by atoms with Gasteiger partial charge in [-0.3, -0.25) is 14.5 Å². The Labute approximate surface area is 371 Å². The summed E-state index contributed by atoms with van der Waals surface area (Å²) in [7, 11) is 0. The van der Waals surface area contributed by atoms with Crippen molar-refractivity contribution in [2.75, 3.05) is 26.4 Å². The normalized spacial score (nSPS) is 14.5. The van der Waals surface area contributed by atoms with E-state index >= 15 is 0 Å². The summed E-state index contributed by atoms with van der Waals surface area (Å²) < 4.78 is 33.3. The first-order valence-electron chi connectivity index (χ1n) is 21.4. The van der Waals surface area contributed by atoms with Gasteiger partial charge in [-0.1, -0.05) is 67.8 Å². The van der Waals surface area contributed by atoms with Crippen molar-refractivity contribution in [2.24, 2.45) is 0 Å². The molecule has 0 bridgehead atoms. The Morgan fingerprint density at radius 2 is 0.906 bits per heavy atom. The average Bonchev–Trinajstić information content (AvgIpc) is 3.52. The molecule has 1 aliphatic heterocycles. The fraction of sp³-hybridized carbons (Fsp3) is 0.294. The zero-order valence-corrected chi connectivity index (χ0v) is 35.6. The number of likely N-dealkylation sites (tertiary alicyclic amines) is 1. The fourth-order valence-electron chi connectivity index (χ4n) is 7.03. The summed E-state index contributed by atoms with van der Waals surface area (Å²) in [6, 6.07) is 29.6. The van der Waals surface area contributed by atoms with E-state index in [0.29, 0.717) is 54.3 Å². The summed E-state index contributed by atoms with van der Waals surface area (Å²) >= 11 is 0. The third kappa shape index (κ3) is 12.9. The fourth-order valence-corrected chi connectivity index (χ4v) is 7.03. The molecule has 2 amide bonds. The number of hydrogen-bond acceptors (Lipinski definition) is 12. The topological polar surface area (TPSA) is 161 Å². The minimum Gasteiger partial charge on any atom is -0.494 e. The molecule has 0 aromatic heterocycles. The first-order chi connectivity index (χ1) is 31.1. The van der Waals surface area contributed by atoms with Gasteiger partial charge in [0.2, 0.25) is 12.2 Å². The van der Waals surface area contributed by atoms with Gasteiger partial charge in [-0.15, -0.1) is 0 Å². The largest absolute Gasteiger partial charge is 0.494 e. The van der Waals surface area contributed by atoms with Crippen molar-refractivity contribution in [1.82, 2.24) is 4.90 Å². The van der Waals surface area contributed by atoms with Crippen molar-refractivity contribution in [3.8, 4) is 11.5 Å². The van der Waals surface area contributed by atoms with Crippen LogP contribution in [0.2, 0.25) is 0 Å². The van der Waals surface area contributed by atoms with Crippen molar-refractivity contribution < 1.29 is 57.2 Å². The summed E-state index contributed by atoms with van der Waals surface area (Å²) in [5, 5.41) is 3.04. The number of esters is 4. The van der Waals surface area contributed by atoms with Gasteiger partial charge in [0.05, 0.1) is 44.1 Å². The molecule has 13 nitrogen and oxygen atoms in total. The van der Waals surface area contributed by atoms with E-state index in [1.165, 1.54) is 0 Å². The molecule has 2 atom stereocenters. The third-order valence-corrected chi connectivity index (χ3v) is 10.5. The molecule has 1 aliphatic rings. The lowest BCUT2D eigenvalue weighted by Gasteiger charge is -2.17. The average molecular weight is 870 g/mol. The van der Waals surface area contributed by atoms with Gasteiger partial charge in [-0.2, -0.15) is 0 Å². The van der Waals surface area contributed by atoms with Gasteiger partial charge in [-0.05, 0) is 127 Å². The molecular formula is C51H51NO12. The minimum absolute atomic E-state index is 0.109. The molecule has 0 saturated carbocycles. The SMILES string of the molecule is C=CC(=O)OCCCCCCOc1ccc2cc(C(=O)O[C@H]3C(=O)N(Cc4ccccc4)C(=O)[C@@H]3OC(=O)c3ccc4cc(OCCCCCCOC(=O)C=C)ccc4c3)ccc2c1. The van der Waals surface area contributed by atoms with Gasteiger partial charge in [-0.25, -0.2) is 19.2 Å². The van der Waals surface area contributed by atoms with Gasteiger partial charge in [0, 0.05) is 12.2 Å². The number of unbranched alkanes of at least 4 members (excludes halogenated alkanes) is 6. The summed E-state index contributed by atoms with van der Waals surface area (Å²) in [5.41, 5.74) is 0.923. The molecule has 6 rings (SSSR count). The van der Waals surface area contributed by atoms with Crippen LogP contribution < -0.4 is 9.47 Å². The monoisotopic (exact) mass is 869 g/mol. The Morgan fingerprint density at radius 3 is 1.34 bits per heavy atom. The molecule has 0 aliphatic carbocycles. The smallest absolute Gasteiger partial charge is 0.339 e. The van der Waals surface area contributed by atoms with E-state index in [1.54, 1.807) is 78.9 Å². The number of fused-ring (bicyclic) bond motifs is 2. The Hall–Kier alpha value is -7.28. The summed E-state index contributed by atoms with van der Waals surface area (Å²) in [6.45, 7) is 8.37. The molecule has 5 aromatic carbocycles. The van der Waals surface area contributed by atoms with Crippen LogP contribution in [-0.2, 0) is 44.7 Å². The van der Waals surface area contributed by atoms with E-state index in [1.807, 2.05) is 24.3 Å². The van der Waals surface area contributed by atoms with Gasteiger partial charge in [0.1, 0.15) is 11.5 Å². The first kappa shape index (κ1) is 46.2. The highest BCUT2D eigenvalue weighted by Crippen LogP contribution is 2.28. The molecule has 332 valence electrons. The maximum atomic E-state index is 13.8. The highest BCUT2D eigenvalue weighted by molar-refractivity contribution is 6.10. The van der Waals surface area contributed by atoms with E-state index in [0.717, 1.165) is 79.2 Å². The second-order valence-corrected chi connectivity index (χ2v) is 15.1. The highest BCUT2D eigenvalue weighted by atomic mass is 16.6. The number of carbonyl (C=O) groups excluding carboxylic acids is 6. The number of carbonyl (C=O) groups is 6. The van der Waals surface area contributed by atoms with Gasteiger partial charge >= 0.3 is 23.9 Å². The zero-order valence-electron chi connectivity index (χ0n) is 35.6.